The molecule has 3 rings (SSSR count). The molecule has 3 aromatic carbocycles. The van der Waals surface area contributed by atoms with Gasteiger partial charge in [-0.25, -0.2) is 8.42 Å². The molecule has 0 saturated carbocycles. The van der Waals surface area contributed by atoms with E-state index in [1.54, 1.807) is 74.7 Å². The molecule has 0 spiro atoms. The van der Waals surface area contributed by atoms with Crippen molar-refractivity contribution < 1.29 is 22.7 Å². The number of carbonyl (C=O) groups excluding carboxylic acids is 2. The van der Waals surface area contributed by atoms with E-state index in [0.29, 0.717) is 11.4 Å². The summed E-state index contributed by atoms with van der Waals surface area (Å²) in [4.78, 5) is 28.5. The maximum absolute atomic E-state index is 13.9. The highest BCUT2D eigenvalue weighted by molar-refractivity contribution is 9.10. The molecule has 0 radical (unpaired) electrons. The van der Waals surface area contributed by atoms with Crippen LogP contribution >= 0.6 is 15.9 Å². The van der Waals surface area contributed by atoms with Crippen molar-refractivity contribution in [1.29, 1.82) is 0 Å². The summed E-state index contributed by atoms with van der Waals surface area (Å²) in [6.07, 6.45) is 0.731. The van der Waals surface area contributed by atoms with Crippen LogP contribution in [0.25, 0.3) is 0 Å². The number of nitrogens with one attached hydrogen (secondary N) is 1. The maximum Gasteiger partial charge on any atom is 0.264 e. The Morgan fingerprint density at radius 2 is 1.64 bits per heavy atom. The molecule has 208 valence electrons. The number of nitrogens with zero attached hydrogens (tertiary/aromatic N) is 2. The van der Waals surface area contributed by atoms with Crippen molar-refractivity contribution in [2.45, 2.75) is 50.7 Å². The molecule has 1 N–H and O–H groups in total. The number of hydrogen-bond donors (Lipinski definition) is 1. The summed E-state index contributed by atoms with van der Waals surface area (Å²) in [5.74, 6) is -0.228. The number of methoxy groups -OCH3 is 1. The zero-order valence-corrected chi connectivity index (χ0v) is 24.9. The second-order valence-corrected chi connectivity index (χ2v) is 11.9. The predicted octanol–water partition coefficient (Wildman–Crippen LogP) is 4.99. The van der Waals surface area contributed by atoms with Crippen LogP contribution in [-0.4, -0.2) is 50.9 Å². The molecule has 0 aliphatic heterocycles. The minimum Gasteiger partial charge on any atom is -0.497 e. The van der Waals surface area contributed by atoms with Gasteiger partial charge in [-0.05, 0) is 74.4 Å². The van der Waals surface area contributed by atoms with Gasteiger partial charge in [0.2, 0.25) is 11.8 Å². The lowest BCUT2D eigenvalue weighted by atomic mass is 10.1. The summed E-state index contributed by atoms with van der Waals surface area (Å²) < 4.78 is 34.7. The fourth-order valence-corrected chi connectivity index (χ4v) is 5.57. The van der Waals surface area contributed by atoms with Crippen molar-refractivity contribution in [3.8, 4) is 5.75 Å². The Bertz CT molecular complexity index is 1370. The number of hydrogen-bond acceptors (Lipinski definition) is 5. The highest BCUT2D eigenvalue weighted by Gasteiger charge is 2.32. The van der Waals surface area contributed by atoms with Crippen molar-refractivity contribution in [3.63, 3.8) is 0 Å². The number of halogens is 1. The average Bonchev–Trinajstić information content (AvgIpc) is 2.95. The molecule has 0 saturated heterocycles. The van der Waals surface area contributed by atoms with E-state index in [1.165, 1.54) is 17.0 Å². The van der Waals surface area contributed by atoms with Crippen molar-refractivity contribution in [2.24, 2.45) is 0 Å². The fraction of sp³-hybridized carbons (Fsp3) is 0.310. The molecule has 2 atom stereocenters. The number of anilines is 1. The SMILES string of the molecule is CC[C@H](C)NC(=O)[C@@H](C)N(Cc1cccc(OC)c1)C(=O)CN(c1ccc(Br)cc1)S(=O)(=O)c1ccccc1. The monoisotopic (exact) mass is 615 g/mol. The first-order valence-corrected chi connectivity index (χ1v) is 14.9. The third-order valence-corrected chi connectivity index (χ3v) is 8.70. The zero-order chi connectivity index (χ0) is 28.6. The van der Waals surface area contributed by atoms with E-state index in [1.807, 2.05) is 19.9 Å². The van der Waals surface area contributed by atoms with Crippen LogP contribution in [0.15, 0.2) is 88.2 Å². The molecule has 10 heteroatoms. The molecule has 0 bridgehead atoms. The van der Waals surface area contributed by atoms with Gasteiger partial charge in [0, 0.05) is 17.1 Å². The Morgan fingerprint density at radius 3 is 2.26 bits per heavy atom. The molecule has 8 nitrogen and oxygen atoms in total. The smallest absolute Gasteiger partial charge is 0.264 e. The fourth-order valence-electron chi connectivity index (χ4n) is 3.87. The van der Waals surface area contributed by atoms with Gasteiger partial charge in [0.05, 0.1) is 17.7 Å². The van der Waals surface area contributed by atoms with Crippen LogP contribution in [-0.2, 0) is 26.2 Å². The molecule has 39 heavy (non-hydrogen) atoms. The van der Waals surface area contributed by atoms with E-state index in [-0.39, 0.29) is 23.4 Å². The van der Waals surface area contributed by atoms with Crippen LogP contribution < -0.4 is 14.4 Å². The second-order valence-electron chi connectivity index (χ2n) is 9.17. The molecule has 0 aliphatic rings. The summed E-state index contributed by atoms with van der Waals surface area (Å²) in [7, 11) is -2.55. The second kappa shape index (κ2) is 13.6. The average molecular weight is 617 g/mol. The van der Waals surface area contributed by atoms with E-state index in [2.05, 4.69) is 21.2 Å². The molecular formula is C29H34BrN3O5S. The Labute approximate surface area is 239 Å². The number of rotatable bonds is 12. The van der Waals surface area contributed by atoms with Crippen LogP contribution in [0, 0.1) is 0 Å². The Kier molecular flexibility index (Phi) is 10.5. The van der Waals surface area contributed by atoms with Gasteiger partial charge in [-0.3, -0.25) is 13.9 Å². The van der Waals surface area contributed by atoms with Gasteiger partial charge in [0.1, 0.15) is 18.3 Å². The number of carbonyl (C=O) groups is 2. The Hall–Kier alpha value is -3.37. The topological polar surface area (TPSA) is 96.0 Å². The van der Waals surface area contributed by atoms with E-state index >= 15 is 0 Å². The minimum atomic E-state index is -4.10. The molecule has 0 unspecified atom stereocenters. The maximum atomic E-state index is 13.9. The van der Waals surface area contributed by atoms with Gasteiger partial charge in [-0.1, -0.05) is 53.2 Å². The molecule has 2 amide bonds. The van der Waals surface area contributed by atoms with Gasteiger partial charge < -0.3 is 15.0 Å². The summed E-state index contributed by atoms with van der Waals surface area (Å²) in [5.41, 5.74) is 1.07. The first kappa shape index (κ1) is 30.2. The first-order valence-electron chi connectivity index (χ1n) is 12.6. The molecule has 0 aliphatic carbocycles. The first-order chi connectivity index (χ1) is 18.6. The Balaban J connectivity index is 2.01. The van der Waals surface area contributed by atoms with Crippen LogP contribution in [0.5, 0.6) is 5.75 Å². The summed E-state index contributed by atoms with van der Waals surface area (Å²) >= 11 is 3.38. The van der Waals surface area contributed by atoms with Crippen molar-refractivity contribution in [1.82, 2.24) is 10.2 Å². The lowest BCUT2D eigenvalue weighted by Gasteiger charge is -2.32. The standard InChI is InChI=1S/C29H34BrN3O5S/c1-5-21(2)31-29(35)22(3)32(19-23-10-9-11-26(18-23)38-4)28(34)20-33(25-16-14-24(30)15-17-25)39(36,37)27-12-7-6-8-13-27/h6-18,21-22H,5,19-20H2,1-4H3,(H,31,35)/t21-,22+/m0/s1. The van der Waals surface area contributed by atoms with Crippen molar-refractivity contribution in [2.75, 3.05) is 18.0 Å². The number of sulfonamides is 1. The largest absolute Gasteiger partial charge is 0.497 e. The molecule has 3 aromatic rings. The predicted molar refractivity (Wildman–Crippen MR) is 156 cm³/mol. The third kappa shape index (κ3) is 7.83. The number of ether oxygens (including phenoxy) is 1. The van der Waals surface area contributed by atoms with Crippen molar-refractivity contribution in [3.05, 3.63) is 88.9 Å². The lowest BCUT2D eigenvalue weighted by Crippen LogP contribution is -2.52. The van der Waals surface area contributed by atoms with Gasteiger partial charge in [-0.15, -0.1) is 0 Å². The van der Waals surface area contributed by atoms with Gasteiger partial charge >= 0.3 is 0 Å². The van der Waals surface area contributed by atoms with Crippen LogP contribution in [0.2, 0.25) is 0 Å². The number of benzene rings is 3. The highest BCUT2D eigenvalue weighted by Crippen LogP contribution is 2.26. The lowest BCUT2D eigenvalue weighted by molar-refractivity contribution is -0.139. The van der Waals surface area contributed by atoms with E-state index in [4.69, 9.17) is 4.74 Å². The molecular weight excluding hydrogens is 582 g/mol. The Morgan fingerprint density at radius 1 is 0.974 bits per heavy atom. The van der Waals surface area contributed by atoms with E-state index in [0.717, 1.165) is 20.8 Å². The number of amides is 2. The molecule has 0 aromatic heterocycles. The van der Waals surface area contributed by atoms with Crippen LogP contribution in [0.1, 0.15) is 32.8 Å². The highest BCUT2D eigenvalue weighted by atomic mass is 79.9. The van der Waals surface area contributed by atoms with Crippen LogP contribution in [0.3, 0.4) is 0 Å². The summed E-state index contributed by atoms with van der Waals surface area (Å²) in [6.45, 7) is 5.08. The van der Waals surface area contributed by atoms with E-state index < -0.39 is 28.5 Å². The van der Waals surface area contributed by atoms with Gasteiger partial charge in [0.15, 0.2) is 0 Å². The zero-order valence-electron chi connectivity index (χ0n) is 22.5. The van der Waals surface area contributed by atoms with Gasteiger partial charge in [-0.2, -0.15) is 0 Å². The quantitative estimate of drug-likeness (QED) is 0.310. The van der Waals surface area contributed by atoms with Crippen molar-refractivity contribution >= 4 is 43.5 Å². The molecule has 0 heterocycles. The third-order valence-electron chi connectivity index (χ3n) is 6.38. The molecule has 0 fully saturated rings. The minimum absolute atomic E-state index is 0.0580. The van der Waals surface area contributed by atoms with Gasteiger partial charge in [0.25, 0.3) is 10.0 Å². The van der Waals surface area contributed by atoms with E-state index in [9.17, 15) is 18.0 Å². The van der Waals surface area contributed by atoms with Crippen LogP contribution in [0.4, 0.5) is 5.69 Å². The normalized spacial score (nSPS) is 12.7. The summed E-state index contributed by atoms with van der Waals surface area (Å²) in [6, 6.07) is 20.9. The summed E-state index contributed by atoms with van der Waals surface area (Å²) in [5, 5.41) is 2.93.